The smallest absolute Gasteiger partial charge is 0.404 e. The Morgan fingerprint density at radius 3 is 2.79 bits per heavy atom. The Hall–Kier alpha value is -2.11. The maximum absolute atomic E-state index is 12.0. The molecule has 8 heteroatoms. The molecule has 102 valence electrons. The van der Waals surface area contributed by atoms with Gasteiger partial charge in [0.15, 0.2) is 0 Å². The third-order valence-corrected chi connectivity index (χ3v) is 3.85. The molecule has 7 nitrogen and oxygen atoms in total. The number of rotatable bonds is 5. The molecule has 0 aliphatic heterocycles. The molecule has 0 atom stereocenters. The van der Waals surface area contributed by atoms with Gasteiger partial charge in [-0.25, -0.2) is 17.9 Å². The van der Waals surface area contributed by atoms with E-state index in [1.165, 1.54) is 12.1 Å². The van der Waals surface area contributed by atoms with Gasteiger partial charge in [0.25, 0.3) is 0 Å². The number of ether oxygens (including phenoxy) is 1. The molecule has 0 saturated heterocycles. The molecule has 0 unspecified atom stereocenters. The Balaban J connectivity index is 2.83. The highest BCUT2D eigenvalue weighted by Crippen LogP contribution is 2.16. The van der Waals surface area contributed by atoms with Crippen molar-refractivity contribution in [2.75, 3.05) is 13.2 Å². The summed E-state index contributed by atoms with van der Waals surface area (Å²) < 4.78 is 30.6. The number of sulfonamides is 1. The second-order valence-electron chi connectivity index (χ2n) is 3.66. The van der Waals surface area contributed by atoms with E-state index in [9.17, 15) is 13.2 Å². The van der Waals surface area contributed by atoms with E-state index in [0.717, 1.165) is 0 Å². The number of carbonyl (C=O) groups excluding carboxylic acids is 1. The lowest BCUT2D eigenvalue weighted by molar-refractivity contribution is 0.159. The number of carbonyl (C=O) groups is 1. The molecule has 0 spiro atoms. The predicted molar refractivity (Wildman–Crippen MR) is 66.6 cm³/mol. The van der Waals surface area contributed by atoms with Crippen LogP contribution in [-0.4, -0.2) is 27.7 Å². The van der Waals surface area contributed by atoms with Gasteiger partial charge >= 0.3 is 6.09 Å². The molecule has 1 rings (SSSR count). The molecule has 0 aliphatic carbocycles. The first-order chi connectivity index (χ1) is 8.86. The van der Waals surface area contributed by atoms with Crippen LogP contribution >= 0.6 is 0 Å². The Bertz CT molecular complexity index is 619. The maximum atomic E-state index is 12.0. The first kappa shape index (κ1) is 14.9. The van der Waals surface area contributed by atoms with Gasteiger partial charge in [0.05, 0.1) is 16.5 Å². The van der Waals surface area contributed by atoms with Crippen molar-refractivity contribution >= 4 is 16.1 Å². The molecule has 0 fully saturated rings. The number of nitrogens with one attached hydrogen (secondary N) is 1. The van der Waals surface area contributed by atoms with E-state index in [1.807, 2.05) is 6.07 Å². The van der Waals surface area contributed by atoms with Gasteiger partial charge in [-0.15, -0.1) is 0 Å². The number of hydrogen-bond acceptors (Lipinski definition) is 5. The van der Waals surface area contributed by atoms with E-state index < -0.39 is 16.1 Å². The van der Waals surface area contributed by atoms with Crippen molar-refractivity contribution in [3.63, 3.8) is 0 Å². The van der Waals surface area contributed by atoms with E-state index in [2.05, 4.69) is 9.46 Å². The van der Waals surface area contributed by atoms with Crippen molar-refractivity contribution in [2.45, 2.75) is 11.8 Å². The molecule has 3 N–H and O–H groups in total. The summed E-state index contributed by atoms with van der Waals surface area (Å²) in [6, 6.07) is 6.24. The molecule has 0 heterocycles. The number of nitrogens with zero attached hydrogens (tertiary/aromatic N) is 1. The van der Waals surface area contributed by atoms with Crippen LogP contribution in [0, 0.1) is 18.3 Å². The molecule has 0 bridgehead atoms. The second kappa shape index (κ2) is 6.17. The predicted octanol–water partition coefficient (Wildman–Crippen LogP) is 0.240. The summed E-state index contributed by atoms with van der Waals surface area (Å²) in [6.45, 7) is 1.36. The monoisotopic (exact) mass is 283 g/mol. The van der Waals surface area contributed by atoms with Gasteiger partial charge in [0.1, 0.15) is 6.61 Å². The molecule has 1 amide bonds. The number of nitrogens with two attached hydrogens (primary N) is 1. The zero-order chi connectivity index (χ0) is 14.5. The van der Waals surface area contributed by atoms with Crippen LogP contribution in [-0.2, 0) is 14.8 Å². The zero-order valence-electron chi connectivity index (χ0n) is 10.2. The number of nitriles is 1. The Labute approximate surface area is 111 Å². The molecule has 0 radical (unpaired) electrons. The summed E-state index contributed by atoms with van der Waals surface area (Å²) in [4.78, 5) is 10.3. The summed E-state index contributed by atoms with van der Waals surface area (Å²) >= 11 is 0. The van der Waals surface area contributed by atoms with E-state index in [1.54, 1.807) is 13.0 Å². The fourth-order valence-electron chi connectivity index (χ4n) is 1.36. The SMILES string of the molecule is Cc1ccc(C#N)cc1S(=O)(=O)NCCOC(N)=O. The normalized spacial score (nSPS) is 10.7. The highest BCUT2D eigenvalue weighted by molar-refractivity contribution is 7.89. The quantitative estimate of drug-likeness (QED) is 0.749. The number of benzene rings is 1. The summed E-state index contributed by atoms with van der Waals surface area (Å²) in [5, 5.41) is 8.76. The van der Waals surface area contributed by atoms with Crippen LogP contribution < -0.4 is 10.5 Å². The Morgan fingerprint density at radius 2 is 2.21 bits per heavy atom. The van der Waals surface area contributed by atoms with Gasteiger partial charge in [-0.3, -0.25) is 0 Å². The van der Waals surface area contributed by atoms with Crippen molar-refractivity contribution in [1.29, 1.82) is 5.26 Å². The minimum atomic E-state index is -3.75. The van der Waals surface area contributed by atoms with Gasteiger partial charge in [0.2, 0.25) is 10.0 Å². The number of amides is 1. The van der Waals surface area contributed by atoms with Crippen LogP contribution in [0.25, 0.3) is 0 Å². The molecule has 0 saturated carbocycles. The highest BCUT2D eigenvalue weighted by Gasteiger charge is 2.17. The molecular formula is C11H13N3O4S. The number of hydrogen-bond donors (Lipinski definition) is 2. The van der Waals surface area contributed by atoms with E-state index in [-0.39, 0.29) is 23.6 Å². The van der Waals surface area contributed by atoms with E-state index in [4.69, 9.17) is 11.0 Å². The van der Waals surface area contributed by atoms with Crippen molar-refractivity contribution in [3.8, 4) is 6.07 Å². The van der Waals surface area contributed by atoms with Crippen molar-refractivity contribution < 1.29 is 17.9 Å². The largest absolute Gasteiger partial charge is 0.448 e. The lowest BCUT2D eigenvalue weighted by Crippen LogP contribution is -2.29. The topological polar surface area (TPSA) is 122 Å². The average Bonchev–Trinajstić information content (AvgIpc) is 2.35. The van der Waals surface area contributed by atoms with Gasteiger partial charge in [-0.2, -0.15) is 5.26 Å². The summed E-state index contributed by atoms with van der Waals surface area (Å²) in [6.07, 6.45) is -0.971. The van der Waals surface area contributed by atoms with Crippen LogP contribution in [0.4, 0.5) is 4.79 Å². The van der Waals surface area contributed by atoms with Crippen molar-refractivity contribution in [1.82, 2.24) is 4.72 Å². The first-order valence-electron chi connectivity index (χ1n) is 5.29. The van der Waals surface area contributed by atoms with Crippen LogP contribution in [0.5, 0.6) is 0 Å². The fraction of sp³-hybridized carbons (Fsp3) is 0.273. The number of primary amides is 1. The van der Waals surface area contributed by atoms with E-state index >= 15 is 0 Å². The van der Waals surface area contributed by atoms with Crippen LogP contribution in [0.1, 0.15) is 11.1 Å². The minimum absolute atomic E-state index is 0.0191. The summed E-state index contributed by atoms with van der Waals surface area (Å²) in [5.41, 5.74) is 5.51. The summed E-state index contributed by atoms with van der Waals surface area (Å²) in [5.74, 6) is 0. The molecule has 1 aromatic rings. The minimum Gasteiger partial charge on any atom is -0.448 e. The van der Waals surface area contributed by atoms with Gasteiger partial charge in [0, 0.05) is 6.54 Å². The Kier molecular flexibility index (Phi) is 4.86. The number of aryl methyl sites for hydroxylation is 1. The lowest BCUT2D eigenvalue weighted by Gasteiger charge is -2.09. The first-order valence-corrected chi connectivity index (χ1v) is 6.78. The van der Waals surface area contributed by atoms with Crippen LogP contribution in [0.3, 0.4) is 0 Å². The zero-order valence-corrected chi connectivity index (χ0v) is 11.0. The average molecular weight is 283 g/mol. The van der Waals surface area contributed by atoms with Crippen LogP contribution in [0.15, 0.2) is 23.1 Å². The van der Waals surface area contributed by atoms with Gasteiger partial charge in [-0.05, 0) is 24.6 Å². The lowest BCUT2D eigenvalue weighted by atomic mass is 10.2. The standard InChI is InChI=1S/C11H13N3O4S/c1-8-2-3-9(7-12)6-10(8)19(16,17)14-4-5-18-11(13)15/h2-3,6,14H,4-5H2,1H3,(H2,13,15). The van der Waals surface area contributed by atoms with Crippen molar-refractivity contribution in [2.24, 2.45) is 5.73 Å². The van der Waals surface area contributed by atoms with Crippen LogP contribution in [0.2, 0.25) is 0 Å². The fourth-order valence-corrected chi connectivity index (χ4v) is 2.65. The third kappa shape index (κ3) is 4.24. The molecule has 0 aliphatic rings. The highest BCUT2D eigenvalue weighted by atomic mass is 32.2. The van der Waals surface area contributed by atoms with Gasteiger partial charge < -0.3 is 10.5 Å². The second-order valence-corrected chi connectivity index (χ2v) is 5.39. The molecular weight excluding hydrogens is 270 g/mol. The third-order valence-electron chi connectivity index (χ3n) is 2.25. The molecule has 1 aromatic carbocycles. The Morgan fingerprint density at radius 1 is 1.53 bits per heavy atom. The molecule has 19 heavy (non-hydrogen) atoms. The maximum Gasteiger partial charge on any atom is 0.404 e. The summed E-state index contributed by atoms with van der Waals surface area (Å²) in [7, 11) is -3.75. The van der Waals surface area contributed by atoms with Gasteiger partial charge in [-0.1, -0.05) is 6.07 Å². The molecule has 0 aromatic heterocycles. The van der Waals surface area contributed by atoms with E-state index in [0.29, 0.717) is 5.56 Å². The van der Waals surface area contributed by atoms with Crippen molar-refractivity contribution in [3.05, 3.63) is 29.3 Å².